The van der Waals surface area contributed by atoms with Crippen LogP contribution >= 0.6 is 11.3 Å². The van der Waals surface area contributed by atoms with Crippen LogP contribution in [0.1, 0.15) is 21.6 Å². The van der Waals surface area contributed by atoms with Gasteiger partial charge in [0, 0.05) is 24.5 Å². The summed E-state index contributed by atoms with van der Waals surface area (Å²) in [6.07, 6.45) is 3.91. The molecule has 0 atom stereocenters. The maximum absolute atomic E-state index is 13.1. The molecule has 0 unspecified atom stereocenters. The van der Waals surface area contributed by atoms with Crippen LogP contribution in [0, 0.1) is 0 Å². The zero-order valence-corrected chi connectivity index (χ0v) is 17.0. The van der Waals surface area contributed by atoms with Gasteiger partial charge in [0.05, 0.1) is 11.6 Å². The topological polar surface area (TPSA) is 70.7 Å². The molecule has 3 heterocycles. The quantitative estimate of drug-likeness (QED) is 0.516. The fourth-order valence-corrected chi connectivity index (χ4v) is 5.00. The minimum absolute atomic E-state index is 0.135. The standard InChI is InChI=1S/C23H20N4O2S/c28-18-8-6-16(7-9-18)12-25-27-15-24-22-21(23(27)29)19-10-11-26(14-20(19)30-22)13-17-4-2-1-3-5-17/h1-9,12,15,28H,10-11,13-14H2/b25-12+. The van der Waals surface area contributed by atoms with E-state index in [4.69, 9.17) is 0 Å². The van der Waals surface area contributed by atoms with Gasteiger partial charge in [-0.05, 0) is 47.4 Å². The molecule has 150 valence electrons. The Labute approximate surface area is 177 Å². The van der Waals surface area contributed by atoms with Crippen molar-refractivity contribution in [3.05, 3.63) is 92.8 Å². The van der Waals surface area contributed by atoms with Gasteiger partial charge in [-0.1, -0.05) is 30.3 Å². The molecule has 4 aromatic rings. The SMILES string of the molecule is O=c1c2c3c(sc2ncn1/N=C/c1ccc(O)cc1)CN(Cc1ccccc1)CC3. The Hall–Kier alpha value is -3.29. The molecule has 7 heteroatoms. The summed E-state index contributed by atoms with van der Waals surface area (Å²) >= 11 is 1.61. The summed E-state index contributed by atoms with van der Waals surface area (Å²) in [5.74, 6) is 0.193. The van der Waals surface area contributed by atoms with Crippen LogP contribution in [-0.4, -0.2) is 32.4 Å². The van der Waals surface area contributed by atoms with Crippen LogP contribution in [0.25, 0.3) is 10.2 Å². The second-order valence-corrected chi connectivity index (χ2v) is 8.44. The highest BCUT2D eigenvalue weighted by Gasteiger charge is 2.23. The van der Waals surface area contributed by atoms with Crippen molar-refractivity contribution in [1.29, 1.82) is 0 Å². The van der Waals surface area contributed by atoms with Gasteiger partial charge in [-0.2, -0.15) is 9.78 Å². The first-order valence-corrected chi connectivity index (χ1v) is 10.6. The van der Waals surface area contributed by atoms with E-state index in [1.54, 1.807) is 41.8 Å². The molecular formula is C23H20N4O2S. The first kappa shape index (κ1) is 18.7. The summed E-state index contributed by atoms with van der Waals surface area (Å²) in [5, 5.41) is 14.4. The van der Waals surface area contributed by atoms with E-state index >= 15 is 0 Å². The third kappa shape index (κ3) is 3.65. The number of fused-ring (bicyclic) bond motifs is 3. The number of hydrogen-bond donors (Lipinski definition) is 1. The molecule has 0 fully saturated rings. The average Bonchev–Trinajstić information content (AvgIpc) is 3.14. The molecule has 30 heavy (non-hydrogen) atoms. The van der Waals surface area contributed by atoms with Gasteiger partial charge in [-0.25, -0.2) is 4.98 Å². The molecule has 0 bridgehead atoms. The van der Waals surface area contributed by atoms with Gasteiger partial charge in [0.1, 0.15) is 16.9 Å². The van der Waals surface area contributed by atoms with E-state index in [-0.39, 0.29) is 11.3 Å². The number of phenols is 1. The molecular weight excluding hydrogens is 396 g/mol. The van der Waals surface area contributed by atoms with E-state index in [1.165, 1.54) is 21.4 Å². The number of rotatable bonds is 4. The summed E-state index contributed by atoms with van der Waals surface area (Å²) in [6.45, 7) is 2.66. The van der Waals surface area contributed by atoms with E-state index in [0.717, 1.165) is 42.0 Å². The Morgan fingerprint density at radius 2 is 1.93 bits per heavy atom. The number of nitrogens with zero attached hydrogens (tertiary/aromatic N) is 4. The zero-order valence-electron chi connectivity index (χ0n) is 16.2. The third-order valence-electron chi connectivity index (χ3n) is 5.30. The smallest absolute Gasteiger partial charge is 0.282 e. The second-order valence-electron chi connectivity index (χ2n) is 7.36. The van der Waals surface area contributed by atoms with Gasteiger partial charge < -0.3 is 5.11 Å². The van der Waals surface area contributed by atoms with Crippen molar-refractivity contribution in [2.24, 2.45) is 5.10 Å². The summed E-state index contributed by atoms with van der Waals surface area (Å²) in [4.78, 5) is 22.0. The molecule has 1 aliphatic heterocycles. The normalized spacial score (nSPS) is 14.4. The molecule has 0 saturated carbocycles. The van der Waals surface area contributed by atoms with Gasteiger partial charge in [-0.15, -0.1) is 11.3 Å². The lowest BCUT2D eigenvalue weighted by Crippen LogP contribution is -2.29. The summed E-state index contributed by atoms with van der Waals surface area (Å²) in [6, 6.07) is 17.1. The zero-order chi connectivity index (χ0) is 20.5. The predicted molar refractivity (Wildman–Crippen MR) is 119 cm³/mol. The van der Waals surface area contributed by atoms with Crippen LogP contribution in [0.3, 0.4) is 0 Å². The molecule has 2 aromatic heterocycles. The largest absolute Gasteiger partial charge is 0.508 e. The molecule has 6 nitrogen and oxygen atoms in total. The van der Waals surface area contributed by atoms with Crippen molar-refractivity contribution in [3.63, 3.8) is 0 Å². The number of aromatic hydroxyl groups is 1. The van der Waals surface area contributed by atoms with Crippen LogP contribution in [0.2, 0.25) is 0 Å². The molecule has 1 aliphatic rings. The number of aromatic nitrogens is 2. The average molecular weight is 417 g/mol. The molecule has 2 aromatic carbocycles. The molecule has 0 saturated heterocycles. The van der Waals surface area contributed by atoms with Crippen molar-refractivity contribution in [1.82, 2.24) is 14.6 Å². The molecule has 0 amide bonds. The number of benzene rings is 2. The lowest BCUT2D eigenvalue weighted by atomic mass is 10.0. The highest BCUT2D eigenvalue weighted by atomic mass is 32.1. The Kier molecular flexibility index (Phi) is 4.90. The van der Waals surface area contributed by atoms with Crippen molar-refractivity contribution in [2.75, 3.05) is 6.54 Å². The highest BCUT2D eigenvalue weighted by Crippen LogP contribution is 2.32. The lowest BCUT2D eigenvalue weighted by molar-refractivity contribution is 0.249. The molecule has 5 rings (SSSR count). The highest BCUT2D eigenvalue weighted by molar-refractivity contribution is 7.18. The van der Waals surface area contributed by atoms with E-state index < -0.39 is 0 Å². The maximum atomic E-state index is 13.1. The summed E-state index contributed by atoms with van der Waals surface area (Å²) in [5.41, 5.74) is 3.07. The predicted octanol–water partition coefficient (Wildman–Crippen LogP) is 3.60. The summed E-state index contributed by atoms with van der Waals surface area (Å²) in [7, 11) is 0. The van der Waals surface area contributed by atoms with Gasteiger partial charge >= 0.3 is 0 Å². The Morgan fingerprint density at radius 1 is 1.13 bits per heavy atom. The number of thiophene rings is 1. The minimum atomic E-state index is -0.135. The van der Waals surface area contributed by atoms with Crippen molar-refractivity contribution in [3.8, 4) is 5.75 Å². The van der Waals surface area contributed by atoms with E-state index in [2.05, 4.69) is 39.3 Å². The van der Waals surface area contributed by atoms with Crippen LogP contribution in [0.5, 0.6) is 5.75 Å². The van der Waals surface area contributed by atoms with Crippen molar-refractivity contribution >= 4 is 27.8 Å². The van der Waals surface area contributed by atoms with E-state index in [9.17, 15) is 9.90 Å². The Bertz CT molecular complexity index is 1280. The maximum Gasteiger partial charge on any atom is 0.282 e. The van der Waals surface area contributed by atoms with Crippen LogP contribution in [0.15, 0.2) is 70.8 Å². The fourth-order valence-electron chi connectivity index (χ4n) is 3.78. The monoisotopic (exact) mass is 416 g/mol. The van der Waals surface area contributed by atoms with Crippen LogP contribution in [-0.2, 0) is 19.5 Å². The van der Waals surface area contributed by atoms with Gasteiger partial charge in [-0.3, -0.25) is 9.69 Å². The first-order chi connectivity index (χ1) is 14.7. The number of phenolic OH excluding ortho intramolecular Hbond substituents is 1. The minimum Gasteiger partial charge on any atom is -0.508 e. The van der Waals surface area contributed by atoms with E-state index in [1.807, 2.05) is 6.07 Å². The van der Waals surface area contributed by atoms with Crippen molar-refractivity contribution in [2.45, 2.75) is 19.5 Å². The molecule has 0 aliphatic carbocycles. The first-order valence-electron chi connectivity index (χ1n) is 9.79. The van der Waals surface area contributed by atoms with E-state index in [0.29, 0.717) is 5.39 Å². The van der Waals surface area contributed by atoms with Crippen molar-refractivity contribution < 1.29 is 5.11 Å². The third-order valence-corrected chi connectivity index (χ3v) is 6.42. The fraction of sp³-hybridized carbons (Fsp3) is 0.174. The van der Waals surface area contributed by atoms with Crippen LogP contribution in [0.4, 0.5) is 0 Å². The Balaban J connectivity index is 1.43. The van der Waals surface area contributed by atoms with Gasteiger partial charge in [0.2, 0.25) is 0 Å². The van der Waals surface area contributed by atoms with Gasteiger partial charge in [0.15, 0.2) is 0 Å². The second kappa shape index (κ2) is 7.85. The lowest BCUT2D eigenvalue weighted by Gasteiger charge is -2.26. The molecule has 1 N–H and O–H groups in total. The van der Waals surface area contributed by atoms with Crippen LogP contribution < -0.4 is 5.56 Å². The molecule has 0 radical (unpaired) electrons. The number of hydrogen-bond acceptors (Lipinski definition) is 6. The molecule has 0 spiro atoms. The Morgan fingerprint density at radius 3 is 2.73 bits per heavy atom. The summed E-state index contributed by atoms with van der Waals surface area (Å²) < 4.78 is 1.29. The van der Waals surface area contributed by atoms with Gasteiger partial charge in [0.25, 0.3) is 5.56 Å².